The van der Waals surface area contributed by atoms with E-state index in [2.05, 4.69) is 43.9 Å². The van der Waals surface area contributed by atoms with Crippen LogP contribution in [0, 0.1) is 12.8 Å². The second-order valence-electron chi connectivity index (χ2n) is 8.61. The Morgan fingerprint density at radius 2 is 1.93 bits per heavy atom. The lowest BCUT2D eigenvalue weighted by molar-refractivity contribution is 0.457. The molecule has 0 amide bonds. The van der Waals surface area contributed by atoms with Gasteiger partial charge in [-0.1, -0.05) is 45.2 Å². The van der Waals surface area contributed by atoms with Crippen molar-refractivity contribution >= 4 is 22.8 Å². The molecule has 0 saturated carbocycles. The van der Waals surface area contributed by atoms with Gasteiger partial charge in [0.15, 0.2) is 11.2 Å². The molecule has 0 saturated heterocycles. The molecule has 0 radical (unpaired) electrons. The van der Waals surface area contributed by atoms with Crippen molar-refractivity contribution < 1.29 is 0 Å². The van der Waals surface area contributed by atoms with Gasteiger partial charge in [0.25, 0.3) is 5.56 Å². The summed E-state index contributed by atoms with van der Waals surface area (Å²) in [7, 11) is 1.71. The minimum absolute atomic E-state index is 0.221. The quantitative estimate of drug-likeness (QED) is 0.584. The third-order valence-electron chi connectivity index (χ3n) is 5.99. The molecule has 3 heterocycles. The maximum atomic E-state index is 13.4. The lowest BCUT2D eigenvalue weighted by Gasteiger charge is -2.33. The average Bonchev–Trinajstić information content (AvgIpc) is 3.10. The Bertz CT molecular complexity index is 1190. The first kappa shape index (κ1) is 20.4. The van der Waals surface area contributed by atoms with Gasteiger partial charge in [0.05, 0.1) is 0 Å². The first-order chi connectivity index (χ1) is 14.4. The molecular formula is C23H31N5O2. The maximum absolute atomic E-state index is 13.4. The second-order valence-corrected chi connectivity index (χ2v) is 8.61. The lowest BCUT2D eigenvalue weighted by atomic mass is 10.1. The fraction of sp³-hybridized carbons (Fsp3) is 0.522. The van der Waals surface area contributed by atoms with E-state index >= 15 is 0 Å². The summed E-state index contributed by atoms with van der Waals surface area (Å²) in [5, 5.41) is 0. The lowest BCUT2D eigenvalue weighted by Crippen LogP contribution is -2.40. The average molecular weight is 410 g/mol. The predicted octanol–water partition coefficient (Wildman–Crippen LogP) is 3.57. The van der Waals surface area contributed by atoms with E-state index in [9.17, 15) is 9.59 Å². The fourth-order valence-corrected chi connectivity index (χ4v) is 4.41. The number of benzene rings is 1. The van der Waals surface area contributed by atoms with E-state index in [0.717, 1.165) is 50.4 Å². The van der Waals surface area contributed by atoms with Crippen LogP contribution in [0.15, 0.2) is 33.9 Å². The molecule has 1 aliphatic rings. The third-order valence-corrected chi connectivity index (χ3v) is 5.99. The molecule has 7 heteroatoms. The molecule has 4 rings (SSSR count). The molecule has 0 aliphatic carbocycles. The zero-order valence-electron chi connectivity index (χ0n) is 18.4. The number of unbranched alkanes of at least 4 members (excludes halogenated alkanes) is 3. The first-order valence-corrected chi connectivity index (χ1v) is 11.0. The molecule has 0 bridgehead atoms. The summed E-state index contributed by atoms with van der Waals surface area (Å²) in [4.78, 5) is 33.2. The van der Waals surface area contributed by atoms with Crippen molar-refractivity contribution in [2.75, 3.05) is 11.4 Å². The molecule has 0 fully saturated rings. The minimum atomic E-state index is -0.283. The fourth-order valence-electron chi connectivity index (χ4n) is 4.41. The van der Waals surface area contributed by atoms with Crippen molar-refractivity contribution in [1.82, 2.24) is 18.7 Å². The van der Waals surface area contributed by atoms with Crippen LogP contribution in [-0.2, 0) is 20.1 Å². The number of hydrogen-bond acceptors (Lipinski definition) is 4. The SMILES string of the molecule is CCCCCCn1c(=O)c2c(nc3n2C[C@@H](C)CN3c2cccc(C)c2)n(C)c1=O. The highest BCUT2D eigenvalue weighted by Crippen LogP contribution is 2.33. The summed E-state index contributed by atoms with van der Waals surface area (Å²) in [6.07, 6.45) is 4.09. The maximum Gasteiger partial charge on any atom is 0.332 e. The highest BCUT2D eigenvalue weighted by molar-refractivity contribution is 5.77. The summed E-state index contributed by atoms with van der Waals surface area (Å²) < 4.78 is 4.93. The van der Waals surface area contributed by atoms with Gasteiger partial charge in [-0.25, -0.2) is 4.79 Å². The Balaban J connectivity index is 1.87. The van der Waals surface area contributed by atoms with Gasteiger partial charge in [0.2, 0.25) is 5.95 Å². The van der Waals surface area contributed by atoms with E-state index in [-0.39, 0.29) is 11.2 Å². The zero-order valence-corrected chi connectivity index (χ0v) is 18.4. The normalized spacial score (nSPS) is 16.3. The van der Waals surface area contributed by atoms with E-state index in [1.54, 1.807) is 7.05 Å². The van der Waals surface area contributed by atoms with Crippen molar-refractivity contribution in [2.45, 2.75) is 59.5 Å². The number of nitrogens with zero attached hydrogens (tertiary/aromatic N) is 5. The van der Waals surface area contributed by atoms with Gasteiger partial charge in [-0.3, -0.25) is 13.9 Å². The Labute approximate surface area is 176 Å². The standard InChI is InChI=1S/C23H31N5O2/c1-5-6-7-8-12-26-21(29)19-20(25(4)23(26)30)24-22-27(14-17(3)15-28(19)22)18-11-9-10-16(2)13-18/h9-11,13,17H,5-8,12,14-15H2,1-4H3/t17-/m0/s1. The molecular weight excluding hydrogens is 378 g/mol. The van der Waals surface area contributed by atoms with Gasteiger partial charge in [-0.15, -0.1) is 0 Å². The molecule has 2 aromatic heterocycles. The van der Waals surface area contributed by atoms with Crippen LogP contribution in [0.1, 0.15) is 45.1 Å². The van der Waals surface area contributed by atoms with Crippen LogP contribution in [0.3, 0.4) is 0 Å². The van der Waals surface area contributed by atoms with Crippen LogP contribution >= 0.6 is 0 Å². The van der Waals surface area contributed by atoms with E-state index in [1.807, 2.05) is 10.6 Å². The molecule has 0 unspecified atom stereocenters. The van der Waals surface area contributed by atoms with Crippen LogP contribution < -0.4 is 16.1 Å². The second kappa shape index (κ2) is 8.13. The van der Waals surface area contributed by atoms with E-state index < -0.39 is 0 Å². The molecule has 0 spiro atoms. The Hall–Kier alpha value is -2.83. The van der Waals surface area contributed by atoms with Gasteiger partial charge in [-0.2, -0.15) is 4.98 Å². The topological polar surface area (TPSA) is 65.1 Å². The van der Waals surface area contributed by atoms with Crippen molar-refractivity contribution in [3.63, 3.8) is 0 Å². The number of aryl methyl sites for hydroxylation is 2. The molecule has 1 aromatic carbocycles. The van der Waals surface area contributed by atoms with Gasteiger partial charge < -0.3 is 9.47 Å². The Morgan fingerprint density at radius 1 is 1.13 bits per heavy atom. The summed E-state index contributed by atoms with van der Waals surface area (Å²) in [5.74, 6) is 1.09. The number of imidazole rings is 1. The zero-order chi connectivity index (χ0) is 21.4. The number of aromatic nitrogens is 4. The van der Waals surface area contributed by atoms with Crippen LogP contribution in [0.5, 0.6) is 0 Å². The number of hydrogen-bond donors (Lipinski definition) is 0. The number of fused-ring (bicyclic) bond motifs is 3. The molecule has 0 N–H and O–H groups in total. The predicted molar refractivity (Wildman–Crippen MR) is 121 cm³/mol. The van der Waals surface area contributed by atoms with E-state index in [1.165, 1.54) is 14.7 Å². The monoisotopic (exact) mass is 409 g/mol. The molecule has 160 valence electrons. The van der Waals surface area contributed by atoms with E-state index in [4.69, 9.17) is 4.98 Å². The van der Waals surface area contributed by atoms with Crippen molar-refractivity contribution in [2.24, 2.45) is 13.0 Å². The Morgan fingerprint density at radius 3 is 2.67 bits per heavy atom. The van der Waals surface area contributed by atoms with Crippen LogP contribution in [0.2, 0.25) is 0 Å². The molecule has 1 aliphatic heterocycles. The molecule has 1 atom stereocenters. The summed E-state index contributed by atoms with van der Waals surface area (Å²) in [6.45, 7) is 8.41. The summed E-state index contributed by atoms with van der Waals surface area (Å²) in [5.41, 5.74) is 2.73. The summed E-state index contributed by atoms with van der Waals surface area (Å²) in [6, 6.07) is 8.31. The van der Waals surface area contributed by atoms with Crippen LogP contribution in [0.25, 0.3) is 11.2 Å². The Kier molecular flexibility index (Phi) is 5.54. The highest BCUT2D eigenvalue weighted by Gasteiger charge is 2.29. The highest BCUT2D eigenvalue weighted by atomic mass is 16.2. The number of rotatable bonds is 6. The third kappa shape index (κ3) is 3.46. The van der Waals surface area contributed by atoms with Crippen molar-refractivity contribution in [1.29, 1.82) is 0 Å². The smallest absolute Gasteiger partial charge is 0.312 e. The molecule has 3 aromatic rings. The molecule has 7 nitrogen and oxygen atoms in total. The molecule has 30 heavy (non-hydrogen) atoms. The van der Waals surface area contributed by atoms with Crippen LogP contribution in [-0.4, -0.2) is 25.2 Å². The minimum Gasteiger partial charge on any atom is -0.312 e. The van der Waals surface area contributed by atoms with Crippen molar-refractivity contribution in [3.05, 3.63) is 50.7 Å². The van der Waals surface area contributed by atoms with Gasteiger partial charge in [0.1, 0.15) is 0 Å². The van der Waals surface area contributed by atoms with Gasteiger partial charge in [0, 0.05) is 32.4 Å². The van der Waals surface area contributed by atoms with Crippen LogP contribution in [0.4, 0.5) is 11.6 Å². The first-order valence-electron chi connectivity index (χ1n) is 11.0. The number of anilines is 2. The van der Waals surface area contributed by atoms with Crippen molar-refractivity contribution in [3.8, 4) is 0 Å². The van der Waals surface area contributed by atoms with Gasteiger partial charge >= 0.3 is 5.69 Å². The van der Waals surface area contributed by atoms with Gasteiger partial charge in [-0.05, 0) is 37.0 Å². The largest absolute Gasteiger partial charge is 0.332 e. The van der Waals surface area contributed by atoms with E-state index in [0.29, 0.717) is 23.6 Å². The summed E-state index contributed by atoms with van der Waals surface area (Å²) >= 11 is 0.